The Kier molecular flexibility index (Phi) is 8.20. The first kappa shape index (κ1) is 42.9. The second-order valence-corrected chi connectivity index (χ2v) is 19.3. The van der Waals surface area contributed by atoms with Gasteiger partial charge in [-0.05, 0) is 0 Å². The maximum atomic E-state index is 13.6. The van der Waals surface area contributed by atoms with Crippen molar-refractivity contribution >= 4 is 72.8 Å². The van der Waals surface area contributed by atoms with Gasteiger partial charge in [-0.3, -0.25) is 9.47 Å². The SMILES string of the molecule is O=S1(=O)OOC2(OS(=O)(=O)O2)[C@@]23O[C@]4(OC5(CO)O[C@]6(CO)OS(=O)(=O)OO[C@]57OS(=O)(=O)O[C@]67O)OS(=O)(=O)O[C@]5(OOS(=O)(=O)OO[C@@]45O)[C@@]2(OO1)OS(=O)(=O)O3. The molecule has 0 saturated carbocycles. The van der Waals surface area contributed by atoms with Crippen LogP contribution in [0.1, 0.15) is 0 Å². The molecule has 47 heteroatoms. The van der Waals surface area contributed by atoms with Gasteiger partial charge in [0.05, 0.1) is 0 Å². The highest BCUT2D eigenvalue weighted by Crippen LogP contribution is 2.73. The van der Waals surface area contributed by atoms with E-state index in [-0.39, 0.29) is 0 Å². The minimum absolute atomic E-state index is 2.32. The van der Waals surface area contributed by atoms with Crippen molar-refractivity contribution in [1.29, 1.82) is 0 Å². The minimum atomic E-state index is -6.78. The predicted molar refractivity (Wildman–Crippen MR) is 132 cm³/mol. The Morgan fingerprint density at radius 3 is 1.44 bits per heavy atom. The Bertz CT molecular complexity index is 2730. The van der Waals surface area contributed by atoms with Crippen LogP contribution in [0, 0.1) is 0 Å². The second-order valence-electron chi connectivity index (χ2n) is 11.4. The Balaban J connectivity index is 1.40. The van der Waals surface area contributed by atoms with Gasteiger partial charge in [0.2, 0.25) is 0 Å². The molecule has 59 heavy (non-hydrogen) atoms. The summed E-state index contributed by atoms with van der Waals surface area (Å²) >= 11 is 0. The van der Waals surface area contributed by atoms with E-state index in [0.29, 0.717) is 0 Å². The molecule has 9 rings (SSSR count). The van der Waals surface area contributed by atoms with Crippen molar-refractivity contribution in [3.63, 3.8) is 0 Å². The molecule has 0 aliphatic carbocycles. The molecule has 1 unspecified atom stereocenters. The molecule has 9 aliphatic heterocycles. The van der Waals surface area contributed by atoms with Crippen LogP contribution in [0.15, 0.2) is 0 Å². The molecule has 9 atom stereocenters. The van der Waals surface area contributed by atoms with E-state index in [1.165, 1.54) is 0 Å². The number of ether oxygens (including phenoxy) is 3. The lowest BCUT2D eigenvalue weighted by Crippen LogP contribution is -2.96. The van der Waals surface area contributed by atoms with Crippen LogP contribution < -0.4 is 0 Å². The second kappa shape index (κ2) is 11.3. The maximum absolute atomic E-state index is 13.6. The molecule has 4 N–H and O–H groups in total. The Labute approximate surface area is 320 Å². The largest absolute Gasteiger partial charge is 0.453 e. The first-order chi connectivity index (χ1) is 26.6. The van der Waals surface area contributed by atoms with E-state index < -0.39 is 144 Å². The van der Waals surface area contributed by atoms with Gasteiger partial charge in [-0.25, -0.2) is 8.37 Å². The monoisotopic (exact) mass is 1020 g/mol. The summed E-state index contributed by atoms with van der Waals surface area (Å²) < 4.78 is 253. The molecule has 338 valence electrons. The lowest BCUT2D eigenvalue weighted by atomic mass is 9.82. The first-order valence-electron chi connectivity index (χ1n) is 13.4. The molecular weight excluding hydrogens is 1010 g/mol. The fourth-order valence-electron chi connectivity index (χ4n) is 6.13. The average Bonchev–Trinajstić information content (AvgIpc) is 3.45. The quantitative estimate of drug-likeness (QED) is 0.190. The summed E-state index contributed by atoms with van der Waals surface area (Å²) in [6, 6.07) is 0. The van der Waals surface area contributed by atoms with Crippen molar-refractivity contribution in [2.45, 2.75) is 58.2 Å². The van der Waals surface area contributed by atoms with Crippen LogP contribution in [-0.4, -0.2) is 151 Å². The van der Waals surface area contributed by atoms with Crippen molar-refractivity contribution in [2.75, 3.05) is 13.2 Å². The summed E-state index contributed by atoms with van der Waals surface area (Å²) in [6.45, 7) is -4.90. The van der Waals surface area contributed by atoms with Gasteiger partial charge < -0.3 is 25.2 Å². The summed E-state index contributed by atoms with van der Waals surface area (Å²) in [6.07, 6.45) is 0. The van der Waals surface area contributed by atoms with Gasteiger partial charge in [0.25, 0.3) is 11.6 Å². The number of aliphatic hydroxyl groups is 4. The van der Waals surface area contributed by atoms with Crippen molar-refractivity contribution in [3.8, 4) is 0 Å². The highest BCUT2D eigenvalue weighted by molar-refractivity contribution is 7.83. The van der Waals surface area contributed by atoms with Crippen LogP contribution in [0.5, 0.6) is 0 Å². The van der Waals surface area contributed by atoms with Crippen LogP contribution in [0.3, 0.4) is 0 Å². The van der Waals surface area contributed by atoms with Crippen molar-refractivity contribution in [2.24, 2.45) is 0 Å². The normalized spacial score (nSPS) is 52.1. The highest BCUT2D eigenvalue weighted by Gasteiger charge is 3.07. The smallest absolute Gasteiger partial charge is 0.391 e. The molecule has 9 aliphatic rings. The molecule has 0 amide bonds. The van der Waals surface area contributed by atoms with E-state index in [0.717, 1.165) is 0 Å². The van der Waals surface area contributed by atoms with Crippen molar-refractivity contribution in [3.05, 3.63) is 0 Å². The molecule has 0 aromatic rings. The van der Waals surface area contributed by atoms with Crippen LogP contribution >= 0.6 is 0 Å². The fourth-order valence-corrected chi connectivity index (χ4v) is 11.7. The summed E-state index contributed by atoms with van der Waals surface area (Å²) in [5.74, 6) is -49.8. The Morgan fingerprint density at radius 1 is 0.390 bits per heavy atom. The van der Waals surface area contributed by atoms with E-state index in [4.69, 9.17) is 14.2 Å². The molecule has 1 spiro atoms. The summed E-state index contributed by atoms with van der Waals surface area (Å²) in [5.41, 5.74) is 0. The van der Waals surface area contributed by atoms with Crippen LogP contribution in [-0.2, 0) is 171 Å². The van der Waals surface area contributed by atoms with E-state index in [1.807, 2.05) is 0 Å². The molecule has 0 aromatic heterocycles. The molecule has 9 saturated heterocycles. The van der Waals surface area contributed by atoms with Crippen molar-refractivity contribution < 1.29 is 177 Å². The lowest BCUT2D eigenvalue weighted by molar-refractivity contribution is -0.723. The van der Waals surface area contributed by atoms with Crippen molar-refractivity contribution in [1.82, 2.24) is 0 Å². The third-order valence-electron chi connectivity index (χ3n) is 8.06. The topological polar surface area (TPSA) is 523 Å². The summed E-state index contributed by atoms with van der Waals surface area (Å²) in [5, 5.41) is 45.0. The molecular formula is C12H8O40S7. The molecule has 4 bridgehead atoms. The number of rotatable bonds is 4. The minimum Gasteiger partial charge on any atom is -0.391 e. The zero-order valence-corrected chi connectivity index (χ0v) is 31.5. The van der Waals surface area contributed by atoms with Gasteiger partial charge in [0.1, 0.15) is 13.2 Å². The summed E-state index contributed by atoms with van der Waals surface area (Å²) in [4.78, 5) is 21.7. The molecule has 0 radical (unpaired) electrons. The van der Waals surface area contributed by atoms with E-state index in [9.17, 15) is 79.4 Å². The standard InChI is InChI=1S/C12H8O40S7/c13-1-3-5(15)7(41-53(17,18)40-5,35-49-57(25,26)39-3)4(2-14,31-3)32-11-6(16)8(42-55(21,22)45-11,36-50-58(27,28)48-34-6)9-10(33-11,44-54(19,20)43-9)12(46-56(23,24)47-12)38-52-59(29,30)51-37-9/h13-16H,1-2H2/t3-,4?,5-,6-,7+,8+,9-,10-,11+/m1/s1. The molecule has 40 nitrogen and oxygen atoms in total. The maximum Gasteiger partial charge on any atom is 0.453 e. The average molecular weight is 1020 g/mol. The van der Waals surface area contributed by atoms with E-state index in [2.05, 4.69) is 83.8 Å². The Hall–Kier alpha value is -1.39. The molecule has 9 fully saturated rings. The van der Waals surface area contributed by atoms with Crippen LogP contribution in [0.4, 0.5) is 0 Å². The van der Waals surface area contributed by atoms with E-state index >= 15 is 0 Å². The van der Waals surface area contributed by atoms with Gasteiger partial charge in [-0.1, -0.05) is 21.7 Å². The molecule has 9 heterocycles. The van der Waals surface area contributed by atoms with Gasteiger partial charge in [0.15, 0.2) is 0 Å². The fraction of sp³-hybridized carbons (Fsp3) is 1.00. The summed E-state index contributed by atoms with van der Waals surface area (Å²) in [7, 11) is -43.7. The van der Waals surface area contributed by atoms with Crippen LogP contribution in [0.25, 0.3) is 0 Å². The first-order valence-corrected chi connectivity index (χ1v) is 22.7. The van der Waals surface area contributed by atoms with Gasteiger partial charge >= 0.3 is 119 Å². The van der Waals surface area contributed by atoms with Gasteiger partial charge in [-0.15, -0.1) is 4.89 Å². The third-order valence-corrected chi connectivity index (χ3v) is 13.2. The predicted octanol–water partition coefficient (Wildman–Crippen LogP) is -10.4. The van der Waals surface area contributed by atoms with Gasteiger partial charge in [0, 0.05) is 0 Å². The Morgan fingerprint density at radius 2 is 0.847 bits per heavy atom. The zero-order valence-electron chi connectivity index (χ0n) is 25.8. The number of aliphatic hydroxyl groups excluding tert-OH is 2. The lowest BCUT2D eigenvalue weighted by Gasteiger charge is -2.64. The zero-order chi connectivity index (χ0) is 43.5. The third kappa shape index (κ3) is 5.01. The van der Waals surface area contributed by atoms with Gasteiger partial charge in [-0.2, -0.15) is 108 Å². The van der Waals surface area contributed by atoms with E-state index in [1.54, 1.807) is 0 Å². The highest BCUT2D eigenvalue weighted by atomic mass is 32.3. The van der Waals surface area contributed by atoms with Crippen LogP contribution in [0.2, 0.25) is 0 Å². The number of hydrogen-bond acceptors (Lipinski definition) is 40. The number of hydrogen-bond donors (Lipinski definition) is 4. The molecule has 0 aromatic carbocycles.